The number of non-ortho nitro benzene ring substituents is 1. The number of nitro groups is 1. The molecule has 0 fully saturated rings. The van der Waals surface area contributed by atoms with Crippen molar-refractivity contribution in [2.45, 2.75) is 0 Å². The molecular formula is C15H12N2O5. The van der Waals surface area contributed by atoms with Crippen LogP contribution in [-0.4, -0.2) is 23.9 Å². The van der Waals surface area contributed by atoms with Crippen molar-refractivity contribution in [3.05, 3.63) is 69.8 Å². The molecule has 0 heterocycles. The van der Waals surface area contributed by atoms with E-state index in [2.05, 4.69) is 10.1 Å². The molecule has 22 heavy (non-hydrogen) atoms. The molecule has 0 saturated carbocycles. The van der Waals surface area contributed by atoms with E-state index in [4.69, 9.17) is 0 Å². The van der Waals surface area contributed by atoms with Crippen LogP contribution in [0.3, 0.4) is 0 Å². The molecule has 0 saturated heterocycles. The van der Waals surface area contributed by atoms with Gasteiger partial charge in [-0.15, -0.1) is 0 Å². The molecule has 0 spiro atoms. The van der Waals surface area contributed by atoms with Crippen molar-refractivity contribution in [2.75, 3.05) is 12.4 Å². The normalized spacial score (nSPS) is 9.86. The number of amides is 1. The summed E-state index contributed by atoms with van der Waals surface area (Å²) >= 11 is 0. The second-order valence-corrected chi connectivity index (χ2v) is 4.30. The molecule has 2 aromatic rings. The van der Waals surface area contributed by atoms with E-state index in [1.807, 2.05) is 0 Å². The maximum atomic E-state index is 12.2. The van der Waals surface area contributed by atoms with Crippen molar-refractivity contribution in [1.29, 1.82) is 0 Å². The number of ether oxygens (including phenoxy) is 1. The molecule has 0 aromatic heterocycles. The van der Waals surface area contributed by atoms with Gasteiger partial charge in [0.25, 0.3) is 11.6 Å². The van der Waals surface area contributed by atoms with Gasteiger partial charge in [-0.2, -0.15) is 0 Å². The molecule has 0 aliphatic carbocycles. The maximum Gasteiger partial charge on any atom is 0.338 e. The molecule has 0 bridgehead atoms. The summed E-state index contributed by atoms with van der Waals surface area (Å²) in [6.45, 7) is 0. The third kappa shape index (κ3) is 3.26. The van der Waals surface area contributed by atoms with E-state index < -0.39 is 16.8 Å². The van der Waals surface area contributed by atoms with Crippen molar-refractivity contribution >= 4 is 23.3 Å². The summed E-state index contributed by atoms with van der Waals surface area (Å²) in [6.07, 6.45) is 0. The summed E-state index contributed by atoms with van der Waals surface area (Å²) in [4.78, 5) is 33.9. The van der Waals surface area contributed by atoms with Crippen LogP contribution in [0.2, 0.25) is 0 Å². The Bertz CT molecular complexity index is 725. The number of carbonyl (C=O) groups excluding carboxylic acids is 2. The molecule has 7 nitrogen and oxygen atoms in total. The molecule has 2 rings (SSSR count). The molecule has 0 atom stereocenters. The molecule has 1 N–H and O–H groups in total. The highest BCUT2D eigenvalue weighted by Crippen LogP contribution is 2.17. The SMILES string of the molecule is COC(=O)c1ccccc1C(=O)Nc1ccc([N+](=O)[O-])cc1. The predicted octanol–water partition coefficient (Wildman–Crippen LogP) is 2.63. The summed E-state index contributed by atoms with van der Waals surface area (Å²) in [7, 11) is 1.23. The first kappa shape index (κ1) is 15.2. The predicted molar refractivity (Wildman–Crippen MR) is 78.8 cm³/mol. The lowest BCUT2D eigenvalue weighted by atomic mass is 10.1. The Kier molecular flexibility index (Phi) is 4.47. The summed E-state index contributed by atoms with van der Waals surface area (Å²) in [6, 6.07) is 11.6. The highest BCUT2D eigenvalue weighted by Gasteiger charge is 2.17. The Hall–Kier alpha value is -3.22. The minimum Gasteiger partial charge on any atom is -0.465 e. The van der Waals surface area contributed by atoms with Gasteiger partial charge in [0.15, 0.2) is 0 Å². The first-order valence-corrected chi connectivity index (χ1v) is 6.26. The second-order valence-electron chi connectivity index (χ2n) is 4.30. The number of rotatable bonds is 4. The number of hydrogen-bond donors (Lipinski definition) is 1. The summed E-state index contributed by atoms with van der Waals surface area (Å²) in [5, 5.41) is 13.1. The van der Waals surface area contributed by atoms with Gasteiger partial charge in [0.05, 0.1) is 23.2 Å². The topological polar surface area (TPSA) is 98.5 Å². The van der Waals surface area contributed by atoms with E-state index in [1.165, 1.54) is 43.5 Å². The Balaban J connectivity index is 2.22. The van der Waals surface area contributed by atoms with Gasteiger partial charge in [-0.1, -0.05) is 12.1 Å². The summed E-state index contributed by atoms with van der Waals surface area (Å²) in [5.41, 5.74) is 0.611. The van der Waals surface area contributed by atoms with Crippen LogP contribution in [0.4, 0.5) is 11.4 Å². The molecule has 1 amide bonds. The molecular weight excluding hydrogens is 288 g/mol. The van der Waals surface area contributed by atoms with Crippen LogP contribution in [0.5, 0.6) is 0 Å². The summed E-state index contributed by atoms with van der Waals surface area (Å²) in [5.74, 6) is -1.12. The lowest BCUT2D eigenvalue weighted by Crippen LogP contribution is -2.17. The van der Waals surface area contributed by atoms with Gasteiger partial charge < -0.3 is 10.1 Å². The number of nitrogens with one attached hydrogen (secondary N) is 1. The number of nitrogens with zero attached hydrogens (tertiary/aromatic N) is 1. The third-order valence-corrected chi connectivity index (χ3v) is 2.91. The van der Waals surface area contributed by atoms with Gasteiger partial charge in [0, 0.05) is 17.8 Å². The summed E-state index contributed by atoms with van der Waals surface area (Å²) < 4.78 is 4.63. The largest absolute Gasteiger partial charge is 0.465 e. The Morgan fingerprint density at radius 3 is 2.18 bits per heavy atom. The zero-order valence-corrected chi connectivity index (χ0v) is 11.6. The second kappa shape index (κ2) is 6.49. The van der Waals surface area contributed by atoms with Crippen LogP contribution in [0.25, 0.3) is 0 Å². The van der Waals surface area contributed by atoms with E-state index in [9.17, 15) is 19.7 Å². The molecule has 0 unspecified atom stereocenters. The number of nitro benzene ring substituents is 1. The number of methoxy groups -OCH3 is 1. The van der Waals surface area contributed by atoms with Gasteiger partial charge >= 0.3 is 5.97 Å². The first-order chi connectivity index (χ1) is 10.5. The van der Waals surface area contributed by atoms with Crippen molar-refractivity contribution < 1.29 is 19.2 Å². The van der Waals surface area contributed by atoms with Crippen molar-refractivity contribution in [2.24, 2.45) is 0 Å². The van der Waals surface area contributed by atoms with Crippen LogP contribution in [-0.2, 0) is 4.74 Å². The first-order valence-electron chi connectivity index (χ1n) is 6.26. The molecule has 0 aliphatic heterocycles. The van der Waals surface area contributed by atoms with Gasteiger partial charge in [-0.05, 0) is 24.3 Å². The fourth-order valence-corrected chi connectivity index (χ4v) is 1.83. The smallest absolute Gasteiger partial charge is 0.338 e. The van der Waals surface area contributed by atoms with Crippen LogP contribution in [0.15, 0.2) is 48.5 Å². The van der Waals surface area contributed by atoms with Crippen LogP contribution < -0.4 is 5.32 Å². The van der Waals surface area contributed by atoms with Crippen molar-refractivity contribution in [3.8, 4) is 0 Å². The number of esters is 1. The van der Waals surface area contributed by atoms with Crippen LogP contribution in [0.1, 0.15) is 20.7 Å². The highest BCUT2D eigenvalue weighted by atomic mass is 16.6. The number of carbonyl (C=O) groups is 2. The monoisotopic (exact) mass is 300 g/mol. The Morgan fingerprint density at radius 1 is 1.05 bits per heavy atom. The molecule has 0 radical (unpaired) electrons. The van der Waals surface area contributed by atoms with Gasteiger partial charge in [0.2, 0.25) is 0 Å². The van der Waals surface area contributed by atoms with Crippen LogP contribution in [0, 0.1) is 10.1 Å². The number of benzene rings is 2. The lowest BCUT2D eigenvalue weighted by Gasteiger charge is -2.08. The van der Waals surface area contributed by atoms with Crippen molar-refractivity contribution in [1.82, 2.24) is 0 Å². The number of anilines is 1. The van der Waals surface area contributed by atoms with Gasteiger partial charge in [-0.3, -0.25) is 14.9 Å². The van der Waals surface area contributed by atoms with E-state index in [0.717, 1.165) is 0 Å². The van der Waals surface area contributed by atoms with E-state index >= 15 is 0 Å². The number of hydrogen-bond acceptors (Lipinski definition) is 5. The Labute approximate surface area is 125 Å². The average Bonchev–Trinajstić information content (AvgIpc) is 2.54. The Morgan fingerprint density at radius 2 is 1.64 bits per heavy atom. The standard InChI is InChI=1S/C15H12N2O5/c1-22-15(19)13-5-3-2-4-12(13)14(18)16-10-6-8-11(9-7-10)17(20)21/h2-9H,1H3,(H,16,18). The molecule has 0 aliphatic rings. The maximum absolute atomic E-state index is 12.2. The van der Waals surface area contributed by atoms with Crippen LogP contribution >= 0.6 is 0 Å². The van der Waals surface area contributed by atoms with Crippen molar-refractivity contribution in [3.63, 3.8) is 0 Å². The quantitative estimate of drug-likeness (QED) is 0.531. The fraction of sp³-hybridized carbons (Fsp3) is 0.0667. The minimum atomic E-state index is -0.616. The van der Waals surface area contributed by atoms with E-state index in [0.29, 0.717) is 5.69 Å². The zero-order valence-electron chi connectivity index (χ0n) is 11.6. The molecule has 7 heteroatoms. The van der Waals surface area contributed by atoms with Gasteiger partial charge in [-0.25, -0.2) is 4.79 Å². The third-order valence-electron chi connectivity index (χ3n) is 2.91. The van der Waals surface area contributed by atoms with E-state index in [1.54, 1.807) is 12.1 Å². The van der Waals surface area contributed by atoms with Gasteiger partial charge in [0.1, 0.15) is 0 Å². The fourth-order valence-electron chi connectivity index (χ4n) is 1.83. The molecule has 2 aromatic carbocycles. The lowest BCUT2D eigenvalue weighted by molar-refractivity contribution is -0.384. The zero-order chi connectivity index (χ0) is 16.1. The van der Waals surface area contributed by atoms with E-state index in [-0.39, 0.29) is 16.8 Å². The molecule has 112 valence electrons. The minimum absolute atomic E-state index is 0.0760. The average molecular weight is 300 g/mol. The highest BCUT2D eigenvalue weighted by molar-refractivity contribution is 6.11.